The summed E-state index contributed by atoms with van der Waals surface area (Å²) in [6, 6.07) is 0.216. The number of nitrogens with zero attached hydrogens (tertiary/aromatic N) is 1. The summed E-state index contributed by atoms with van der Waals surface area (Å²) in [5.74, 6) is 0.307. The molecular weight excluding hydrogens is 224 g/mol. The third kappa shape index (κ3) is 3.71. The fourth-order valence-corrected chi connectivity index (χ4v) is 4.17. The number of hydrogen-bond acceptors (Lipinski definition) is 3. The first kappa shape index (κ1) is 13.9. The Morgan fingerprint density at radius 2 is 1.88 bits per heavy atom. The molecule has 1 heterocycles. The molecule has 0 amide bonds. The maximum Gasteiger partial charge on any atom is 0.214 e. The number of nitrogens with one attached hydrogen (secondary N) is 1. The molecule has 5 heteroatoms. The molecule has 0 unspecified atom stereocenters. The molecule has 0 radical (unpaired) electrons. The molecule has 0 bridgehead atoms. The van der Waals surface area contributed by atoms with Crippen molar-refractivity contribution in [3.8, 4) is 0 Å². The van der Waals surface area contributed by atoms with Crippen LogP contribution in [0.2, 0.25) is 0 Å². The van der Waals surface area contributed by atoms with Crippen LogP contribution in [0.4, 0.5) is 0 Å². The smallest absolute Gasteiger partial charge is 0.214 e. The molecule has 0 aliphatic carbocycles. The lowest BCUT2D eigenvalue weighted by molar-refractivity contribution is 0.270. The molecule has 96 valence electrons. The number of unbranched alkanes of at least 4 members (excludes halogenated alkanes) is 1. The topological polar surface area (TPSA) is 49.4 Å². The molecule has 1 rings (SSSR count). The van der Waals surface area contributed by atoms with Gasteiger partial charge in [-0.25, -0.2) is 8.42 Å². The molecule has 0 aromatic rings. The Morgan fingerprint density at radius 1 is 1.25 bits per heavy atom. The Morgan fingerprint density at radius 3 is 2.38 bits per heavy atom. The van der Waals surface area contributed by atoms with Gasteiger partial charge in [-0.1, -0.05) is 20.3 Å². The van der Waals surface area contributed by atoms with Crippen LogP contribution in [-0.2, 0) is 10.0 Å². The Balaban J connectivity index is 2.64. The second kappa shape index (κ2) is 6.57. The summed E-state index contributed by atoms with van der Waals surface area (Å²) < 4.78 is 26.0. The summed E-state index contributed by atoms with van der Waals surface area (Å²) in [5.41, 5.74) is 0. The number of rotatable bonds is 6. The lowest BCUT2D eigenvalue weighted by Crippen LogP contribution is -2.46. The van der Waals surface area contributed by atoms with Crippen LogP contribution >= 0.6 is 0 Å². The zero-order valence-corrected chi connectivity index (χ0v) is 11.2. The van der Waals surface area contributed by atoms with Crippen molar-refractivity contribution in [2.75, 3.05) is 25.4 Å². The molecule has 0 aromatic carbocycles. The average molecular weight is 248 g/mol. The van der Waals surface area contributed by atoms with Crippen molar-refractivity contribution in [2.24, 2.45) is 0 Å². The SMILES string of the molecule is CCCCS(=O)(=O)N(CC)C1CCNCC1. The second-order valence-electron chi connectivity index (χ2n) is 4.35. The van der Waals surface area contributed by atoms with Gasteiger partial charge in [0.2, 0.25) is 10.0 Å². The molecule has 1 fully saturated rings. The van der Waals surface area contributed by atoms with Gasteiger partial charge in [0.25, 0.3) is 0 Å². The molecular formula is C11H24N2O2S. The summed E-state index contributed by atoms with van der Waals surface area (Å²) in [7, 11) is -3.03. The van der Waals surface area contributed by atoms with E-state index in [1.54, 1.807) is 4.31 Å². The van der Waals surface area contributed by atoms with E-state index in [2.05, 4.69) is 5.32 Å². The normalized spacial score (nSPS) is 19.2. The second-order valence-corrected chi connectivity index (χ2v) is 6.40. The minimum Gasteiger partial charge on any atom is -0.317 e. The Bertz CT molecular complexity index is 284. The predicted octanol–water partition coefficient (Wildman–Crippen LogP) is 1.19. The van der Waals surface area contributed by atoms with Crippen LogP contribution in [0, 0.1) is 0 Å². The van der Waals surface area contributed by atoms with Gasteiger partial charge >= 0.3 is 0 Å². The standard InChI is InChI=1S/C11H24N2O2S/c1-3-5-10-16(14,15)13(4-2)11-6-8-12-9-7-11/h11-12H,3-10H2,1-2H3. The van der Waals surface area contributed by atoms with E-state index in [0.29, 0.717) is 12.3 Å². The van der Waals surface area contributed by atoms with Gasteiger partial charge in [0.15, 0.2) is 0 Å². The molecule has 4 nitrogen and oxygen atoms in total. The largest absolute Gasteiger partial charge is 0.317 e. The number of sulfonamides is 1. The van der Waals surface area contributed by atoms with Gasteiger partial charge < -0.3 is 5.32 Å². The minimum atomic E-state index is -3.03. The fourth-order valence-electron chi connectivity index (χ4n) is 2.22. The van der Waals surface area contributed by atoms with Crippen molar-refractivity contribution in [3.63, 3.8) is 0 Å². The highest BCUT2D eigenvalue weighted by Crippen LogP contribution is 2.17. The molecule has 1 aliphatic rings. The summed E-state index contributed by atoms with van der Waals surface area (Å²) in [6.07, 6.45) is 3.59. The molecule has 0 spiro atoms. The maximum atomic E-state index is 12.1. The molecule has 1 saturated heterocycles. The zero-order chi connectivity index (χ0) is 12.0. The third-order valence-electron chi connectivity index (χ3n) is 3.14. The fraction of sp³-hybridized carbons (Fsp3) is 1.00. The molecule has 1 N–H and O–H groups in total. The van der Waals surface area contributed by atoms with Gasteiger partial charge in [-0.15, -0.1) is 0 Å². The first-order valence-corrected chi connectivity index (χ1v) is 7.93. The van der Waals surface area contributed by atoms with E-state index < -0.39 is 10.0 Å². The first-order chi connectivity index (χ1) is 7.61. The maximum absolute atomic E-state index is 12.1. The minimum absolute atomic E-state index is 0.216. The van der Waals surface area contributed by atoms with Gasteiger partial charge in [0.1, 0.15) is 0 Å². The van der Waals surface area contributed by atoms with Gasteiger partial charge in [0.05, 0.1) is 5.75 Å². The van der Waals surface area contributed by atoms with Crippen LogP contribution in [0.5, 0.6) is 0 Å². The van der Waals surface area contributed by atoms with Crippen molar-refractivity contribution in [2.45, 2.75) is 45.6 Å². The molecule has 0 aromatic heterocycles. The summed E-state index contributed by atoms with van der Waals surface area (Å²) in [6.45, 7) is 6.44. The average Bonchev–Trinajstić information content (AvgIpc) is 2.28. The Labute approximate surface area is 99.5 Å². The van der Waals surface area contributed by atoms with Crippen LogP contribution < -0.4 is 5.32 Å². The van der Waals surface area contributed by atoms with Gasteiger partial charge in [-0.2, -0.15) is 4.31 Å². The third-order valence-corrected chi connectivity index (χ3v) is 5.22. The van der Waals surface area contributed by atoms with E-state index in [1.807, 2.05) is 13.8 Å². The van der Waals surface area contributed by atoms with Crippen LogP contribution in [0.15, 0.2) is 0 Å². The quantitative estimate of drug-likeness (QED) is 0.768. The monoisotopic (exact) mass is 248 g/mol. The van der Waals surface area contributed by atoms with Gasteiger partial charge in [-0.05, 0) is 32.4 Å². The molecule has 1 aliphatic heterocycles. The van der Waals surface area contributed by atoms with Crippen molar-refractivity contribution in [1.29, 1.82) is 0 Å². The van der Waals surface area contributed by atoms with E-state index in [1.165, 1.54) is 0 Å². The summed E-state index contributed by atoms with van der Waals surface area (Å²) in [4.78, 5) is 0. The highest BCUT2D eigenvalue weighted by Gasteiger charge is 2.28. The summed E-state index contributed by atoms with van der Waals surface area (Å²) >= 11 is 0. The van der Waals surface area contributed by atoms with Gasteiger partial charge in [0, 0.05) is 12.6 Å². The summed E-state index contributed by atoms with van der Waals surface area (Å²) in [5, 5.41) is 3.27. The van der Waals surface area contributed by atoms with E-state index in [9.17, 15) is 8.42 Å². The number of piperidine rings is 1. The Hall–Kier alpha value is -0.130. The highest BCUT2D eigenvalue weighted by atomic mass is 32.2. The van der Waals surface area contributed by atoms with Crippen molar-refractivity contribution < 1.29 is 8.42 Å². The molecule has 16 heavy (non-hydrogen) atoms. The van der Waals surface area contributed by atoms with E-state index in [0.717, 1.165) is 38.8 Å². The van der Waals surface area contributed by atoms with Crippen molar-refractivity contribution in [3.05, 3.63) is 0 Å². The van der Waals surface area contributed by atoms with Gasteiger partial charge in [-0.3, -0.25) is 0 Å². The predicted molar refractivity (Wildman–Crippen MR) is 67.0 cm³/mol. The van der Waals surface area contributed by atoms with E-state index in [-0.39, 0.29) is 6.04 Å². The first-order valence-electron chi connectivity index (χ1n) is 6.32. The lowest BCUT2D eigenvalue weighted by atomic mass is 10.1. The zero-order valence-electron chi connectivity index (χ0n) is 10.4. The molecule has 0 saturated carbocycles. The van der Waals surface area contributed by atoms with Crippen LogP contribution in [-0.4, -0.2) is 44.2 Å². The van der Waals surface area contributed by atoms with E-state index >= 15 is 0 Å². The van der Waals surface area contributed by atoms with Crippen LogP contribution in [0.25, 0.3) is 0 Å². The Kier molecular flexibility index (Phi) is 5.72. The van der Waals surface area contributed by atoms with Crippen LogP contribution in [0.3, 0.4) is 0 Å². The highest BCUT2D eigenvalue weighted by molar-refractivity contribution is 7.89. The van der Waals surface area contributed by atoms with Crippen LogP contribution in [0.1, 0.15) is 39.5 Å². The lowest BCUT2D eigenvalue weighted by Gasteiger charge is -2.32. The van der Waals surface area contributed by atoms with E-state index in [4.69, 9.17) is 0 Å². The van der Waals surface area contributed by atoms with Crippen molar-refractivity contribution in [1.82, 2.24) is 9.62 Å². The number of hydrogen-bond donors (Lipinski definition) is 1. The molecule has 0 atom stereocenters. The van der Waals surface area contributed by atoms with Crippen molar-refractivity contribution >= 4 is 10.0 Å².